The zero-order valence-electron chi connectivity index (χ0n) is 10.4. The number of sulfonamides is 1. The van der Waals surface area contributed by atoms with Gasteiger partial charge in [-0.25, -0.2) is 8.42 Å². The highest BCUT2D eigenvalue weighted by atomic mass is 79.9. The number of alkyl halides is 1. The summed E-state index contributed by atoms with van der Waals surface area (Å²) in [5.74, 6) is 0.458. The van der Waals surface area contributed by atoms with E-state index in [9.17, 15) is 8.42 Å². The molecule has 1 N–H and O–H groups in total. The van der Waals surface area contributed by atoms with Gasteiger partial charge in [-0.1, -0.05) is 15.9 Å². The van der Waals surface area contributed by atoms with Crippen LogP contribution in [0.5, 0.6) is 0 Å². The van der Waals surface area contributed by atoms with Gasteiger partial charge in [0.1, 0.15) is 4.90 Å². The van der Waals surface area contributed by atoms with Gasteiger partial charge in [0.05, 0.1) is 11.9 Å². The van der Waals surface area contributed by atoms with Crippen molar-refractivity contribution in [3.8, 4) is 0 Å². The number of hydrogen-bond acceptors (Lipinski definition) is 3. The SMILES string of the molecule is Cc1[nH]ncc1S(=O)(=O)N1CCCC(CCBr)C1. The fourth-order valence-corrected chi connectivity index (χ4v) is 4.69. The molecule has 1 aromatic rings. The molecular formula is C11H18BrN3O2S. The van der Waals surface area contributed by atoms with E-state index >= 15 is 0 Å². The fourth-order valence-electron chi connectivity index (χ4n) is 2.37. The van der Waals surface area contributed by atoms with Crippen LogP contribution >= 0.6 is 15.9 Å². The molecule has 1 unspecified atom stereocenters. The van der Waals surface area contributed by atoms with Crippen molar-refractivity contribution < 1.29 is 8.42 Å². The van der Waals surface area contributed by atoms with E-state index in [2.05, 4.69) is 26.1 Å². The summed E-state index contributed by atoms with van der Waals surface area (Å²) in [6, 6.07) is 0. The van der Waals surface area contributed by atoms with E-state index in [0.717, 1.165) is 24.6 Å². The van der Waals surface area contributed by atoms with Gasteiger partial charge in [-0.3, -0.25) is 5.10 Å². The monoisotopic (exact) mass is 335 g/mol. The highest BCUT2D eigenvalue weighted by Gasteiger charge is 2.31. The second-order valence-electron chi connectivity index (χ2n) is 4.71. The second kappa shape index (κ2) is 5.71. The zero-order valence-corrected chi connectivity index (χ0v) is 12.8. The Bertz CT molecular complexity index is 498. The third-order valence-corrected chi connectivity index (χ3v) is 5.84. The van der Waals surface area contributed by atoms with Crippen LogP contribution in [-0.2, 0) is 10.0 Å². The molecule has 18 heavy (non-hydrogen) atoms. The predicted molar refractivity (Wildman–Crippen MR) is 73.2 cm³/mol. The quantitative estimate of drug-likeness (QED) is 0.854. The van der Waals surface area contributed by atoms with Gasteiger partial charge in [-0.05, 0) is 32.1 Å². The molecule has 7 heteroatoms. The summed E-state index contributed by atoms with van der Waals surface area (Å²) in [5, 5.41) is 7.41. The van der Waals surface area contributed by atoms with E-state index in [0.29, 0.717) is 29.6 Å². The van der Waals surface area contributed by atoms with Gasteiger partial charge in [0, 0.05) is 18.4 Å². The summed E-state index contributed by atoms with van der Waals surface area (Å²) in [6.45, 7) is 2.98. The topological polar surface area (TPSA) is 66.1 Å². The van der Waals surface area contributed by atoms with Crippen LogP contribution in [0.25, 0.3) is 0 Å². The Balaban J connectivity index is 2.18. The van der Waals surface area contributed by atoms with E-state index in [-0.39, 0.29) is 0 Å². The highest BCUT2D eigenvalue weighted by molar-refractivity contribution is 9.09. The van der Waals surface area contributed by atoms with E-state index in [1.807, 2.05) is 0 Å². The number of aryl methyl sites for hydroxylation is 1. The van der Waals surface area contributed by atoms with Crippen LogP contribution in [0.1, 0.15) is 25.0 Å². The minimum Gasteiger partial charge on any atom is -0.281 e. The number of H-pyrrole nitrogens is 1. The molecule has 1 aliphatic heterocycles. The van der Waals surface area contributed by atoms with Crippen molar-refractivity contribution in [2.45, 2.75) is 31.1 Å². The van der Waals surface area contributed by atoms with Crippen molar-refractivity contribution in [2.75, 3.05) is 18.4 Å². The van der Waals surface area contributed by atoms with Crippen molar-refractivity contribution in [1.29, 1.82) is 0 Å². The number of rotatable bonds is 4. The molecule has 0 amide bonds. The van der Waals surface area contributed by atoms with Crippen molar-refractivity contribution >= 4 is 26.0 Å². The lowest BCUT2D eigenvalue weighted by molar-refractivity contribution is 0.263. The lowest BCUT2D eigenvalue weighted by atomic mass is 9.97. The van der Waals surface area contributed by atoms with E-state index < -0.39 is 10.0 Å². The molecule has 0 spiro atoms. The standard InChI is InChI=1S/C11H18BrN3O2S/c1-9-11(7-13-14-9)18(16,17)15-6-2-3-10(8-15)4-5-12/h7,10H,2-6,8H2,1H3,(H,13,14). The first-order valence-electron chi connectivity index (χ1n) is 6.11. The van der Waals surface area contributed by atoms with Crippen LogP contribution < -0.4 is 0 Å². The normalized spacial score (nSPS) is 22.2. The maximum absolute atomic E-state index is 12.5. The molecular weight excluding hydrogens is 318 g/mol. The van der Waals surface area contributed by atoms with E-state index in [4.69, 9.17) is 0 Å². The van der Waals surface area contributed by atoms with E-state index in [1.54, 1.807) is 11.2 Å². The molecule has 2 heterocycles. The Morgan fingerprint density at radius 3 is 3.00 bits per heavy atom. The van der Waals surface area contributed by atoms with Gasteiger partial charge in [-0.2, -0.15) is 9.40 Å². The number of aromatic amines is 1. The highest BCUT2D eigenvalue weighted by Crippen LogP contribution is 2.26. The van der Waals surface area contributed by atoms with Crippen LogP contribution in [0.2, 0.25) is 0 Å². The molecule has 1 saturated heterocycles. The molecule has 0 saturated carbocycles. The summed E-state index contributed by atoms with van der Waals surface area (Å²) in [4.78, 5) is 0.307. The molecule has 0 bridgehead atoms. The lowest BCUT2D eigenvalue weighted by Gasteiger charge is -2.31. The zero-order chi connectivity index (χ0) is 13.2. The molecule has 1 atom stereocenters. The first-order valence-corrected chi connectivity index (χ1v) is 8.68. The Labute approximate surface area is 116 Å². The third kappa shape index (κ3) is 2.78. The maximum Gasteiger partial charge on any atom is 0.246 e. The molecule has 0 radical (unpaired) electrons. The molecule has 0 aliphatic carbocycles. The van der Waals surface area contributed by atoms with Gasteiger partial charge in [0.2, 0.25) is 10.0 Å². The van der Waals surface area contributed by atoms with Gasteiger partial charge in [-0.15, -0.1) is 0 Å². The molecule has 1 aliphatic rings. The minimum absolute atomic E-state index is 0.307. The first-order chi connectivity index (χ1) is 8.55. The van der Waals surface area contributed by atoms with Gasteiger partial charge in [0.25, 0.3) is 0 Å². The first kappa shape index (κ1) is 14.0. The minimum atomic E-state index is -3.38. The van der Waals surface area contributed by atoms with Crippen LogP contribution in [0.4, 0.5) is 0 Å². The number of halogens is 1. The van der Waals surface area contributed by atoms with Crippen LogP contribution in [0.15, 0.2) is 11.1 Å². The average Bonchev–Trinajstić information content (AvgIpc) is 2.77. The number of nitrogens with one attached hydrogen (secondary N) is 1. The maximum atomic E-state index is 12.5. The summed E-state index contributed by atoms with van der Waals surface area (Å²) in [6.07, 6.45) is 4.48. The van der Waals surface area contributed by atoms with Crippen LogP contribution in [0.3, 0.4) is 0 Å². The second-order valence-corrected chi connectivity index (χ2v) is 7.41. The van der Waals surface area contributed by atoms with Crippen LogP contribution in [-0.4, -0.2) is 41.3 Å². The van der Waals surface area contributed by atoms with Crippen LogP contribution in [0, 0.1) is 12.8 Å². The lowest BCUT2D eigenvalue weighted by Crippen LogP contribution is -2.40. The number of hydrogen-bond donors (Lipinski definition) is 1. The molecule has 102 valence electrons. The molecule has 1 fully saturated rings. The summed E-state index contributed by atoms with van der Waals surface area (Å²) in [5.41, 5.74) is 0.609. The fraction of sp³-hybridized carbons (Fsp3) is 0.727. The summed E-state index contributed by atoms with van der Waals surface area (Å²) in [7, 11) is -3.38. The smallest absolute Gasteiger partial charge is 0.246 e. The summed E-state index contributed by atoms with van der Waals surface area (Å²) < 4.78 is 26.5. The third-order valence-electron chi connectivity index (χ3n) is 3.40. The van der Waals surface area contributed by atoms with Crippen molar-refractivity contribution in [3.05, 3.63) is 11.9 Å². The predicted octanol–water partition coefficient (Wildman–Crippen LogP) is 1.90. The average molecular weight is 336 g/mol. The van der Waals surface area contributed by atoms with Crippen molar-refractivity contribution in [2.24, 2.45) is 5.92 Å². The molecule has 1 aromatic heterocycles. The Kier molecular flexibility index (Phi) is 4.45. The van der Waals surface area contributed by atoms with Gasteiger partial charge >= 0.3 is 0 Å². The van der Waals surface area contributed by atoms with E-state index in [1.165, 1.54) is 6.20 Å². The number of aromatic nitrogens is 2. The number of piperidine rings is 1. The molecule has 0 aromatic carbocycles. The molecule has 5 nitrogen and oxygen atoms in total. The largest absolute Gasteiger partial charge is 0.281 e. The Morgan fingerprint density at radius 1 is 1.61 bits per heavy atom. The van der Waals surface area contributed by atoms with Gasteiger partial charge < -0.3 is 0 Å². The Morgan fingerprint density at radius 2 is 2.39 bits per heavy atom. The van der Waals surface area contributed by atoms with Crippen molar-refractivity contribution in [1.82, 2.24) is 14.5 Å². The summed E-state index contributed by atoms with van der Waals surface area (Å²) >= 11 is 3.42. The van der Waals surface area contributed by atoms with Gasteiger partial charge in [0.15, 0.2) is 0 Å². The number of nitrogens with zero attached hydrogens (tertiary/aromatic N) is 2. The Hall–Kier alpha value is -0.400. The van der Waals surface area contributed by atoms with Crippen molar-refractivity contribution in [3.63, 3.8) is 0 Å². The molecule has 2 rings (SSSR count).